The highest BCUT2D eigenvalue weighted by Gasteiger charge is 2.40. The largest absolute Gasteiger partial charge is 0.456 e. The fraction of sp³-hybridized carbons (Fsp3) is 0.706. The molecule has 1 fully saturated rings. The summed E-state index contributed by atoms with van der Waals surface area (Å²) in [6.07, 6.45) is 8.69. The molecule has 0 radical (unpaired) electrons. The van der Waals surface area contributed by atoms with Gasteiger partial charge in [-0.3, -0.25) is 0 Å². The smallest absolute Gasteiger partial charge is 0.341 e. The molecule has 0 unspecified atom stereocenters. The highest BCUT2D eigenvalue weighted by molar-refractivity contribution is 7.16. The molecule has 0 bridgehead atoms. The Labute approximate surface area is 130 Å². The van der Waals surface area contributed by atoms with Gasteiger partial charge < -0.3 is 10.5 Å². The van der Waals surface area contributed by atoms with E-state index in [0.29, 0.717) is 16.0 Å². The lowest BCUT2D eigenvalue weighted by Gasteiger charge is -2.33. The van der Waals surface area contributed by atoms with Gasteiger partial charge in [-0.1, -0.05) is 12.8 Å². The summed E-state index contributed by atoms with van der Waals surface area (Å²) in [6.45, 7) is 5.69. The van der Waals surface area contributed by atoms with Crippen LogP contribution in [0.2, 0.25) is 0 Å². The molecule has 1 spiro atoms. The van der Waals surface area contributed by atoms with Crippen LogP contribution >= 0.6 is 11.3 Å². The molecular formula is C17H25NO2S. The highest BCUT2D eigenvalue weighted by atomic mass is 32.1. The molecule has 1 heterocycles. The molecular weight excluding hydrogens is 282 g/mol. The van der Waals surface area contributed by atoms with Crippen molar-refractivity contribution < 1.29 is 9.53 Å². The molecule has 1 aromatic heterocycles. The minimum atomic E-state index is -0.473. The van der Waals surface area contributed by atoms with Gasteiger partial charge in [-0.25, -0.2) is 4.79 Å². The molecule has 2 aliphatic rings. The van der Waals surface area contributed by atoms with E-state index in [2.05, 4.69) is 0 Å². The Morgan fingerprint density at radius 2 is 1.90 bits per heavy atom. The van der Waals surface area contributed by atoms with Crippen molar-refractivity contribution in [3.8, 4) is 0 Å². The number of fused-ring (bicyclic) bond motifs is 1. The molecule has 0 amide bonds. The van der Waals surface area contributed by atoms with Crippen molar-refractivity contribution >= 4 is 22.3 Å². The maximum absolute atomic E-state index is 12.4. The lowest BCUT2D eigenvalue weighted by atomic mass is 9.72. The zero-order chi connectivity index (χ0) is 15.3. The van der Waals surface area contributed by atoms with Gasteiger partial charge in [-0.05, 0) is 63.9 Å². The van der Waals surface area contributed by atoms with E-state index in [1.165, 1.54) is 42.5 Å². The van der Waals surface area contributed by atoms with Crippen LogP contribution in [0.15, 0.2) is 0 Å². The van der Waals surface area contributed by atoms with Crippen molar-refractivity contribution in [2.45, 2.75) is 71.3 Å². The number of hydrogen-bond acceptors (Lipinski definition) is 4. The quantitative estimate of drug-likeness (QED) is 0.785. The summed E-state index contributed by atoms with van der Waals surface area (Å²) in [5, 5.41) is 0.643. The number of carbonyl (C=O) groups excluding carboxylic acids is 1. The van der Waals surface area contributed by atoms with Gasteiger partial charge in [0.25, 0.3) is 0 Å². The summed E-state index contributed by atoms with van der Waals surface area (Å²) in [4.78, 5) is 13.8. The average molecular weight is 307 g/mol. The van der Waals surface area contributed by atoms with Gasteiger partial charge in [0.15, 0.2) is 0 Å². The maximum Gasteiger partial charge on any atom is 0.341 e. The summed E-state index contributed by atoms with van der Waals surface area (Å²) in [7, 11) is 0. The van der Waals surface area contributed by atoms with Crippen LogP contribution in [0.1, 0.15) is 73.7 Å². The molecule has 2 aliphatic carbocycles. The monoisotopic (exact) mass is 307 g/mol. The molecule has 0 atom stereocenters. The van der Waals surface area contributed by atoms with E-state index in [4.69, 9.17) is 10.5 Å². The SMILES string of the molecule is CC(C)(C)OC(=O)c1c(N)sc2c1CCC1(CCCC1)C2. The molecule has 0 aromatic carbocycles. The van der Waals surface area contributed by atoms with Crippen molar-refractivity contribution in [1.82, 2.24) is 0 Å². The van der Waals surface area contributed by atoms with Crippen molar-refractivity contribution in [2.75, 3.05) is 5.73 Å². The minimum Gasteiger partial charge on any atom is -0.456 e. The van der Waals surface area contributed by atoms with Gasteiger partial charge in [0.2, 0.25) is 0 Å². The second-order valence-corrected chi connectivity index (χ2v) is 8.77. The first-order valence-corrected chi connectivity index (χ1v) is 8.75. The fourth-order valence-electron chi connectivity index (χ4n) is 3.86. The Bertz CT molecular complexity index is 562. The molecule has 2 N–H and O–H groups in total. The van der Waals surface area contributed by atoms with E-state index < -0.39 is 5.60 Å². The first kappa shape index (κ1) is 14.9. The van der Waals surface area contributed by atoms with E-state index in [0.717, 1.165) is 12.8 Å². The molecule has 3 nitrogen and oxygen atoms in total. The van der Waals surface area contributed by atoms with Crippen LogP contribution in [0.25, 0.3) is 0 Å². The van der Waals surface area contributed by atoms with E-state index in [-0.39, 0.29) is 5.97 Å². The van der Waals surface area contributed by atoms with Gasteiger partial charge in [0.05, 0.1) is 5.56 Å². The second kappa shape index (κ2) is 5.01. The van der Waals surface area contributed by atoms with Crippen LogP contribution in [-0.2, 0) is 17.6 Å². The molecule has 4 heteroatoms. The molecule has 0 saturated heterocycles. The lowest BCUT2D eigenvalue weighted by molar-refractivity contribution is 0.00694. The Kier molecular flexibility index (Phi) is 3.55. The standard InChI is InChI=1S/C17H25NO2S/c1-16(2,3)20-15(19)13-11-6-9-17(7-4-5-8-17)10-12(11)21-14(13)18/h4-10,18H2,1-3H3. The molecule has 0 aliphatic heterocycles. The first-order chi connectivity index (χ1) is 9.80. The fourth-order valence-corrected chi connectivity index (χ4v) is 5.14. The summed E-state index contributed by atoms with van der Waals surface area (Å²) >= 11 is 1.61. The summed E-state index contributed by atoms with van der Waals surface area (Å²) in [5.74, 6) is -0.250. The second-order valence-electron chi connectivity index (χ2n) is 7.63. The number of nitrogens with two attached hydrogens (primary N) is 1. The zero-order valence-electron chi connectivity index (χ0n) is 13.3. The van der Waals surface area contributed by atoms with Crippen LogP contribution < -0.4 is 5.73 Å². The summed E-state index contributed by atoms with van der Waals surface area (Å²) in [6, 6.07) is 0. The summed E-state index contributed by atoms with van der Waals surface area (Å²) in [5.41, 5.74) is 7.99. The van der Waals surface area contributed by atoms with Crippen LogP contribution in [0.5, 0.6) is 0 Å². The molecule has 3 rings (SSSR count). The van der Waals surface area contributed by atoms with Crippen molar-refractivity contribution in [2.24, 2.45) is 5.41 Å². The van der Waals surface area contributed by atoms with Crippen LogP contribution in [-0.4, -0.2) is 11.6 Å². The Morgan fingerprint density at radius 1 is 1.24 bits per heavy atom. The molecule has 21 heavy (non-hydrogen) atoms. The van der Waals surface area contributed by atoms with Crippen LogP contribution in [0.3, 0.4) is 0 Å². The number of carbonyl (C=O) groups is 1. The van der Waals surface area contributed by atoms with E-state index >= 15 is 0 Å². The third kappa shape index (κ3) is 2.83. The Morgan fingerprint density at radius 3 is 2.52 bits per heavy atom. The average Bonchev–Trinajstić information content (AvgIpc) is 2.91. The maximum atomic E-state index is 12.4. The van der Waals surface area contributed by atoms with Crippen LogP contribution in [0.4, 0.5) is 5.00 Å². The predicted octanol–water partition coefficient (Wildman–Crippen LogP) is 4.33. The van der Waals surface area contributed by atoms with Crippen molar-refractivity contribution in [1.29, 1.82) is 0 Å². The zero-order valence-corrected chi connectivity index (χ0v) is 14.1. The number of esters is 1. The predicted molar refractivity (Wildman–Crippen MR) is 86.8 cm³/mol. The van der Waals surface area contributed by atoms with Crippen LogP contribution in [0, 0.1) is 5.41 Å². The van der Waals surface area contributed by atoms with Gasteiger partial charge in [-0.15, -0.1) is 11.3 Å². The van der Waals surface area contributed by atoms with Crippen molar-refractivity contribution in [3.63, 3.8) is 0 Å². The third-order valence-electron chi connectivity index (χ3n) is 4.83. The lowest BCUT2D eigenvalue weighted by Crippen LogP contribution is -2.27. The topological polar surface area (TPSA) is 52.3 Å². The van der Waals surface area contributed by atoms with Gasteiger partial charge >= 0.3 is 5.97 Å². The molecule has 116 valence electrons. The number of thiophene rings is 1. The molecule has 1 aromatic rings. The molecule has 1 saturated carbocycles. The van der Waals surface area contributed by atoms with Gasteiger partial charge in [0.1, 0.15) is 10.6 Å². The number of anilines is 1. The number of hydrogen-bond donors (Lipinski definition) is 1. The minimum absolute atomic E-state index is 0.250. The van der Waals surface area contributed by atoms with Gasteiger partial charge in [-0.2, -0.15) is 0 Å². The van der Waals surface area contributed by atoms with E-state index in [1.54, 1.807) is 11.3 Å². The number of nitrogen functional groups attached to an aromatic ring is 1. The third-order valence-corrected chi connectivity index (χ3v) is 5.89. The van der Waals surface area contributed by atoms with Gasteiger partial charge in [0, 0.05) is 4.88 Å². The number of ether oxygens (including phenoxy) is 1. The summed E-state index contributed by atoms with van der Waals surface area (Å²) < 4.78 is 5.53. The number of rotatable bonds is 1. The van der Waals surface area contributed by atoms with E-state index in [1.807, 2.05) is 20.8 Å². The van der Waals surface area contributed by atoms with Crippen molar-refractivity contribution in [3.05, 3.63) is 16.0 Å². The highest BCUT2D eigenvalue weighted by Crippen LogP contribution is 2.51. The normalized spacial score (nSPS) is 20.5. The Hall–Kier alpha value is -1.03. The first-order valence-electron chi connectivity index (χ1n) is 7.93. The Balaban J connectivity index is 1.88. The van der Waals surface area contributed by atoms with E-state index in [9.17, 15) is 4.79 Å².